The number of halogens is 2. The topological polar surface area (TPSA) is 106 Å². The Labute approximate surface area is 234 Å². The number of esters is 1. The lowest BCUT2D eigenvalue weighted by Crippen LogP contribution is -2.42. The van der Waals surface area contributed by atoms with E-state index in [9.17, 15) is 13.2 Å². The van der Waals surface area contributed by atoms with Crippen molar-refractivity contribution in [3.63, 3.8) is 0 Å². The number of ether oxygens (including phenoxy) is 1. The zero-order chi connectivity index (χ0) is 26.9. The molecule has 0 aliphatic carbocycles. The number of nitrogens with one attached hydrogen (secondary N) is 1. The van der Waals surface area contributed by atoms with Gasteiger partial charge < -0.3 is 10.1 Å². The van der Waals surface area contributed by atoms with Crippen molar-refractivity contribution in [2.75, 3.05) is 32.1 Å². The van der Waals surface area contributed by atoms with Crippen molar-refractivity contribution in [2.24, 2.45) is 5.92 Å². The summed E-state index contributed by atoms with van der Waals surface area (Å²) in [4.78, 5) is 16.9. The highest BCUT2D eigenvalue weighted by molar-refractivity contribution is 9.10. The number of anilines is 1. The van der Waals surface area contributed by atoms with Crippen LogP contribution in [0.1, 0.15) is 23.2 Å². The minimum Gasteiger partial charge on any atom is -0.465 e. The van der Waals surface area contributed by atoms with E-state index in [-0.39, 0.29) is 16.4 Å². The zero-order valence-corrected chi connectivity index (χ0v) is 23.6. The Bertz CT molecular complexity index is 1610. The summed E-state index contributed by atoms with van der Waals surface area (Å²) in [6.07, 6.45) is 3.24. The molecule has 1 saturated heterocycles. The number of nitrogens with zero attached hydrogens (tertiary/aromatic N) is 4. The molecule has 0 saturated carbocycles. The number of hydrogen-bond donors (Lipinski definition) is 1. The predicted molar refractivity (Wildman–Crippen MR) is 149 cm³/mol. The van der Waals surface area contributed by atoms with Gasteiger partial charge in [-0.3, -0.25) is 0 Å². The first-order valence-electron chi connectivity index (χ1n) is 12.0. The third-order valence-electron chi connectivity index (χ3n) is 6.54. The Kier molecular flexibility index (Phi) is 7.71. The largest absolute Gasteiger partial charge is 0.465 e. The maximum atomic E-state index is 13.5. The maximum absolute atomic E-state index is 13.5. The monoisotopic (exact) mass is 617 g/mol. The fourth-order valence-corrected chi connectivity index (χ4v) is 6.95. The molecule has 5 rings (SSSR count). The SMILES string of the molecule is COC(=O)c1ccccc1S(=O)(=O)N1CCCC(CNc2cc(-c3ccccc3Cl)nc3c(Br)cnn23)C1. The van der Waals surface area contributed by atoms with Crippen LogP contribution in [0.3, 0.4) is 0 Å². The average Bonchev–Trinajstić information content (AvgIpc) is 3.32. The molecular weight excluding hydrogens is 594 g/mol. The number of aromatic nitrogens is 3. The van der Waals surface area contributed by atoms with E-state index in [1.165, 1.54) is 23.5 Å². The molecule has 12 heteroatoms. The summed E-state index contributed by atoms with van der Waals surface area (Å²) in [6.45, 7) is 1.22. The summed E-state index contributed by atoms with van der Waals surface area (Å²) in [5, 5.41) is 8.47. The van der Waals surface area contributed by atoms with Crippen LogP contribution in [0.5, 0.6) is 0 Å². The lowest BCUT2D eigenvalue weighted by atomic mass is 10.00. The van der Waals surface area contributed by atoms with E-state index in [2.05, 4.69) is 26.3 Å². The van der Waals surface area contributed by atoms with Crippen molar-refractivity contribution in [1.29, 1.82) is 0 Å². The maximum Gasteiger partial charge on any atom is 0.339 e. The molecule has 1 unspecified atom stereocenters. The van der Waals surface area contributed by atoms with Crippen LogP contribution in [-0.2, 0) is 14.8 Å². The number of fused-ring (bicyclic) bond motifs is 1. The second-order valence-electron chi connectivity index (χ2n) is 8.97. The summed E-state index contributed by atoms with van der Waals surface area (Å²) in [5.74, 6) is 0.0715. The van der Waals surface area contributed by atoms with Gasteiger partial charge in [0.2, 0.25) is 10.0 Å². The predicted octanol–water partition coefficient (Wildman–Crippen LogP) is 5.11. The van der Waals surface area contributed by atoms with Gasteiger partial charge in [0.1, 0.15) is 5.82 Å². The molecule has 0 bridgehead atoms. The van der Waals surface area contributed by atoms with Crippen LogP contribution in [0.25, 0.3) is 16.9 Å². The molecule has 4 aromatic rings. The van der Waals surface area contributed by atoms with Crippen molar-refractivity contribution < 1.29 is 17.9 Å². The second kappa shape index (κ2) is 11.0. The number of benzene rings is 2. The number of sulfonamides is 1. The van der Waals surface area contributed by atoms with E-state index in [1.807, 2.05) is 30.3 Å². The van der Waals surface area contributed by atoms with Crippen LogP contribution in [0, 0.1) is 5.92 Å². The quantitative estimate of drug-likeness (QED) is 0.287. The summed E-state index contributed by atoms with van der Waals surface area (Å²) in [5.41, 5.74) is 2.16. The van der Waals surface area contributed by atoms with E-state index < -0.39 is 16.0 Å². The molecule has 1 aliphatic rings. The lowest BCUT2D eigenvalue weighted by molar-refractivity contribution is 0.0596. The minimum atomic E-state index is -3.89. The highest BCUT2D eigenvalue weighted by atomic mass is 79.9. The number of piperidine rings is 1. The van der Waals surface area contributed by atoms with Gasteiger partial charge in [-0.1, -0.05) is 41.9 Å². The van der Waals surface area contributed by atoms with Crippen LogP contribution in [-0.4, -0.2) is 60.0 Å². The molecule has 0 amide bonds. The Morgan fingerprint density at radius 2 is 1.97 bits per heavy atom. The van der Waals surface area contributed by atoms with Gasteiger partial charge in [-0.05, 0) is 52.9 Å². The molecule has 2 aromatic carbocycles. The molecule has 198 valence electrons. The fraction of sp³-hybridized carbons (Fsp3) is 0.269. The molecule has 0 spiro atoms. The van der Waals surface area contributed by atoms with E-state index in [0.717, 1.165) is 16.5 Å². The molecular formula is C26H25BrClN5O4S. The van der Waals surface area contributed by atoms with Crippen LogP contribution in [0.2, 0.25) is 5.02 Å². The van der Waals surface area contributed by atoms with E-state index in [0.29, 0.717) is 48.2 Å². The smallest absolute Gasteiger partial charge is 0.339 e. The number of methoxy groups -OCH3 is 1. The van der Waals surface area contributed by atoms with Crippen LogP contribution in [0.4, 0.5) is 5.82 Å². The zero-order valence-electron chi connectivity index (χ0n) is 20.5. The highest BCUT2D eigenvalue weighted by Gasteiger charge is 2.33. The minimum absolute atomic E-state index is 0.0331. The summed E-state index contributed by atoms with van der Waals surface area (Å²) < 4.78 is 35.7. The Morgan fingerprint density at radius 1 is 1.21 bits per heavy atom. The number of carbonyl (C=O) groups is 1. The molecule has 1 atom stereocenters. The Balaban J connectivity index is 1.38. The molecule has 2 aromatic heterocycles. The summed E-state index contributed by atoms with van der Waals surface area (Å²) >= 11 is 9.95. The van der Waals surface area contributed by atoms with Gasteiger partial charge in [0.25, 0.3) is 0 Å². The lowest BCUT2D eigenvalue weighted by Gasteiger charge is -2.32. The van der Waals surface area contributed by atoms with Gasteiger partial charge in [-0.25, -0.2) is 18.2 Å². The van der Waals surface area contributed by atoms with Crippen LogP contribution >= 0.6 is 27.5 Å². The van der Waals surface area contributed by atoms with E-state index in [4.69, 9.17) is 21.3 Å². The number of rotatable bonds is 7. The van der Waals surface area contributed by atoms with Crippen molar-refractivity contribution >= 4 is 55.0 Å². The van der Waals surface area contributed by atoms with Gasteiger partial charge in [0, 0.05) is 36.3 Å². The molecule has 0 radical (unpaired) electrons. The van der Waals surface area contributed by atoms with Crippen molar-refractivity contribution in [2.45, 2.75) is 17.7 Å². The van der Waals surface area contributed by atoms with Gasteiger partial charge in [0.15, 0.2) is 5.65 Å². The normalized spacial score (nSPS) is 16.4. The molecule has 38 heavy (non-hydrogen) atoms. The fourth-order valence-electron chi connectivity index (χ4n) is 4.64. The number of hydrogen-bond acceptors (Lipinski definition) is 7. The average molecular weight is 619 g/mol. The third kappa shape index (κ3) is 5.15. The van der Waals surface area contributed by atoms with Crippen molar-refractivity contribution in [3.8, 4) is 11.3 Å². The van der Waals surface area contributed by atoms with Gasteiger partial charge in [-0.2, -0.15) is 13.9 Å². The highest BCUT2D eigenvalue weighted by Crippen LogP contribution is 2.31. The van der Waals surface area contributed by atoms with Crippen LogP contribution < -0.4 is 5.32 Å². The first kappa shape index (κ1) is 26.6. The summed E-state index contributed by atoms with van der Waals surface area (Å²) in [6, 6.07) is 15.5. The van der Waals surface area contributed by atoms with Crippen molar-refractivity contribution in [1.82, 2.24) is 18.9 Å². The van der Waals surface area contributed by atoms with Gasteiger partial charge in [0.05, 0.1) is 33.9 Å². The first-order chi connectivity index (χ1) is 18.3. The molecule has 3 heterocycles. The standard InChI is InChI=1S/C26H25BrClN5O4S/c1-37-26(34)19-9-3-5-11-23(19)38(35,36)32-12-6-7-17(16-32)14-29-24-13-22(18-8-2-4-10-21(18)28)31-25-20(27)15-30-33(24)25/h2-5,8-11,13,15,17,29H,6-7,12,14,16H2,1H3. The Hall–Kier alpha value is -2.99. The van der Waals surface area contributed by atoms with Crippen LogP contribution in [0.15, 0.2) is 70.2 Å². The summed E-state index contributed by atoms with van der Waals surface area (Å²) in [7, 11) is -2.65. The Morgan fingerprint density at radius 3 is 2.76 bits per heavy atom. The van der Waals surface area contributed by atoms with Gasteiger partial charge in [-0.15, -0.1) is 0 Å². The molecule has 9 nitrogen and oxygen atoms in total. The van der Waals surface area contributed by atoms with Gasteiger partial charge >= 0.3 is 5.97 Å². The molecule has 1 fully saturated rings. The van der Waals surface area contributed by atoms with Crippen molar-refractivity contribution in [3.05, 3.63) is 75.9 Å². The van der Waals surface area contributed by atoms with E-state index in [1.54, 1.807) is 22.8 Å². The first-order valence-corrected chi connectivity index (χ1v) is 14.6. The molecule has 1 N–H and O–H groups in total. The van der Waals surface area contributed by atoms with E-state index >= 15 is 0 Å². The second-order valence-corrected chi connectivity index (χ2v) is 12.1. The number of carbonyl (C=O) groups excluding carboxylic acids is 1. The third-order valence-corrected chi connectivity index (χ3v) is 9.35. The molecule has 1 aliphatic heterocycles.